The summed E-state index contributed by atoms with van der Waals surface area (Å²) in [5.41, 5.74) is -2.32. The normalized spacial score (nSPS) is 15.4. The lowest BCUT2D eigenvalue weighted by Gasteiger charge is -2.15. The van der Waals surface area contributed by atoms with Crippen LogP contribution < -0.4 is 10.0 Å². The van der Waals surface area contributed by atoms with Crippen LogP contribution in [0.2, 0.25) is 0 Å². The highest BCUT2D eigenvalue weighted by Gasteiger charge is 2.34. The Bertz CT molecular complexity index is 1020. The van der Waals surface area contributed by atoms with Crippen molar-refractivity contribution in [3.63, 3.8) is 0 Å². The highest BCUT2D eigenvalue weighted by Crippen LogP contribution is 2.34. The van der Waals surface area contributed by atoms with Crippen LogP contribution in [0.5, 0.6) is 0 Å². The molecule has 29 heavy (non-hydrogen) atoms. The average Bonchev–Trinajstić information content (AvgIpc) is 3.13. The molecule has 0 atom stereocenters. The van der Waals surface area contributed by atoms with Gasteiger partial charge in [0.2, 0.25) is 10.0 Å². The number of halogens is 4. The van der Waals surface area contributed by atoms with E-state index in [4.69, 9.17) is 0 Å². The number of sulfonamides is 1. The van der Waals surface area contributed by atoms with Gasteiger partial charge in [0.25, 0.3) is 5.91 Å². The van der Waals surface area contributed by atoms with Crippen molar-refractivity contribution in [3.8, 4) is 0 Å². The number of para-hydroxylation sites is 1. The standard InChI is InChI=1S/C19H18F4N2O3S/c20-16-10-9-13(29(27,28)25-12-5-1-2-6-12)11-14(16)18(26)24-17-8-4-3-7-15(17)19(21,22)23/h3-4,7-12,25H,1-2,5-6H2,(H,24,26). The highest BCUT2D eigenvalue weighted by molar-refractivity contribution is 7.89. The summed E-state index contributed by atoms with van der Waals surface area (Å²) in [5.74, 6) is -2.23. The molecular weight excluding hydrogens is 412 g/mol. The van der Waals surface area contributed by atoms with Crippen molar-refractivity contribution in [2.24, 2.45) is 0 Å². The minimum Gasteiger partial charge on any atom is -0.321 e. The van der Waals surface area contributed by atoms with E-state index in [0.717, 1.165) is 49.2 Å². The predicted octanol–water partition coefficient (Wildman–Crippen LogP) is 4.32. The Morgan fingerprint density at radius 2 is 1.69 bits per heavy atom. The maximum Gasteiger partial charge on any atom is 0.418 e. The van der Waals surface area contributed by atoms with Crippen LogP contribution >= 0.6 is 0 Å². The van der Waals surface area contributed by atoms with Crippen molar-refractivity contribution in [1.82, 2.24) is 4.72 Å². The number of anilines is 1. The summed E-state index contributed by atoms with van der Waals surface area (Å²) >= 11 is 0. The molecular formula is C19H18F4N2O3S. The van der Waals surface area contributed by atoms with Crippen LogP contribution in [0.1, 0.15) is 41.6 Å². The van der Waals surface area contributed by atoms with Crippen molar-refractivity contribution in [2.45, 2.75) is 42.8 Å². The fraction of sp³-hybridized carbons (Fsp3) is 0.316. The Morgan fingerprint density at radius 1 is 1.03 bits per heavy atom. The van der Waals surface area contributed by atoms with Gasteiger partial charge in [-0.3, -0.25) is 4.79 Å². The minimum absolute atomic E-state index is 0.235. The van der Waals surface area contributed by atoms with Gasteiger partial charge in [-0.2, -0.15) is 13.2 Å². The smallest absolute Gasteiger partial charge is 0.321 e. The second-order valence-corrected chi connectivity index (χ2v) is 8.46. The number of hydrogen-bond acceptors (Lipinski definition) is 3. The lowest BCUT2D eigenvalue weighted by Crippen LogP contribution is -2.32. The maximum atomic E-state index is 14.2. The van der Waals surface area contributed by atoms with Crippen molar-refractivity contribution in [1.29, 1.82) is 0 Å². The monoisotopic (exact) mass is 430 g/mol. The molecule has 2 aromatic carbocycles. The van der Waals surface area contributed by atoms with Gasteiger partial charge in [-0.05, 0) is 43.2 Å². The van der Waals surface area contributed by atoms with E-state index in [1.165, 1.54) is 6.07 Å². The number of benzene rings is 2. The van der Waals surface area contributed by atoms with Crippen molar-refractivity contribution in [3.05, 3.63) is 59.4 Å². The number of nitrogens with one attached hydrogen (secondary N) is 2. The molecule has 1 fully saturated rings. The molecule has 2 aromatic rings. The summed E-state index contributed by atoms with van der Waals surface area (Å²) < 4.78 is 80.9. The van der Waals surface area contributed by atoms with Gasteiger partial charge in [-0.15, -0.1) is 0 Å². The predicted molar refractivity (Wildman–Crippen MR) is 98.4 cm³/mol. The summed E-state index contributed by atoms with van der Waals surface area (Å²) in [5, 5.41) is 2.01. The van der Waals surface area contributed by atoms with Crippen molar-refractivity contribution < 1.29 is 30.8 Å². The second-order valence-electron chi connectivity index (χ2n) is 6.74. The Labute approximate surface area is 165 Å². The van der Waals surface area contributed by atoms with Crippen LogP contribution in [0.15, 0.2) is 47.4 Å². The third kappa shape index (κ3) is 4.94. The van der Waals surface area contributed by atoms with E-state index in [1.54, 1.807) is 0 Å². The maximum absolute atomic E-state index is 14.2. The summed E-state index contributed by atoms with van der Waals surface area (Å²) in [4.78, 5) is 12.1. The fourth-order valence-corrected chi connectivity index (χ4v) is 4.54. The lowest BCUT2D eigenvalue weighted by atomic mass is 10.1. The first-order chi connectivity index (χ1) is 13.6. The number of hydrogen-bond donors (Lipinski definition) is 2. The number of alkyl halides is 3. The minimum atomic E-state index is -4.72. The van der Waals surface area contributed by atoms with Crippen LogP contribution in [0, 0.1) is 5.82 Å². The molecule has 0 spiro atoms. The molecule has 10 heteroatoms. The van der Waals surface area contributed by atoms with Crippen molar-refractivity contribution in [2.75, 3.05) is 5.32 Å². The molecule has 0 saturated heterocycles. The molecule has 1 aliphatic carbocycles. The van der Waals surface area contributed by atoms with Crippen LogP contribution in [0.25, 0.3) is 0 Å². The molecule has 0 heterocycles. The van der Waals surface area contributed by atoms with E-state index < -0.39 is 44.7 Å². The number of rotatable bonds is 5. The molecule has 0 aliphatic heterocycles. The summed E-state index contributed by atoms with van der Waals surface area (Å²) in [7, 11) is -4.00. The average molecular weight is 430 g/mol. The first-order valence-corrected chi connectivity index (χ1v) is 10.4. The number of amides is 1. The second kappa shape index (κ2) is 8.11. The molecule has 156 valence electrons. The zero-order valence-electron chi connectivity index (χ0n) is 15.1. The highest BCUT2D eigenvalue weighted by atomic mass is 32.2. The fourth-order valence-electron chi connectivity index (χ4n) is 3.21. The molecule has 0 aromatic heterocycles. The Hall–Kier alpha value is -2.46. The van der Waals surface area contributed by atoms with Crippen LogP contribution in [-0.4, -0.2) is 20.4 Å². The molecule has 3 rings (SSSR count). The molecule has 0 bridgehead atoms. The molecule has 5 nitrogen and oxygen atoms in total. The SMILES string of the molecule is O=C(Nc1ccccc1C(F)(F)F)c1cc(S(=O)(=O)NC2CCCC2)ccc1F. The van der Waals surface area contributed by atoms with Crippen LogP contribution in [-0.2, 0) is 16.2 Å². The molecule has 1 saturated carbocycles. The van der Waals surface area contributed by atoms with Gasteiger partial charge >= 0.3 is 6.18 Å². The number of carbonyl (C=O) groups excluding carboxylic acids is 1. The van der Waals surface area contributed by atoms with Gasteiger partial charge in [0, 0.05) is 6.04 Å². The quantitative estimate of drug-likeness (QED) is 0.694. The largest absolute Gasteiger partial charge is 0.418 e. The molecule has 0 radical (unpaired) electrons. The third-order valence-corrected chi connectivity index (χ3v) is 6.17. The molecule has 1 aliphatic rings. The first kappa shape index (κ1) is 21.3. The molecule has 1 amide bonds. The number of carbonyl (C=O) groups is 1. The van der Waals surface area contributed by atoms with E-state index >= 15 is 0 Å². The van der Waals surface area contributed by atoms with Gasteiger partial charge in [0.05, 0.1) is 21.7 Å². The van der Waals surface area contributed by atoms with E-state index in [0.29, 0.717) is 12.8 Å². The van der Waals surface area contributed by atoms with Crippen LogP contribution in [0.3, 0.4) is 0 Å². The van der Waals surface area contributed by atoms with E-state index in [2.05, 4.69) is 4.72 Å². The summed E-state index contributed by atoms with van der Waals surface area (Å²) in [6, 6.07) is 6.63. The zero-order chi connectivity index (χ0) is 21.2. The summed E-state index contributed by atoms with van der Waals surface area (Å²) in [6.45, 7) is 0. The van der Waals surface area contributed by atoms with Gasteiger partial charge in [0.1, 0.15) is 5.82 Å². The molecule has 0 unspecified atom stereocenters. The van der Waals surface area contributed by atoms with Crippen LogP contribution in [0.4, 0.5) is 23.2 Å². The zero-order valence-corrected chi connectivity index (χ0v) is 15.9. The van der Waals surface area contributed by atoms with E-state index in [9.17, 15) is 30.8 Å². The lowest BCUT2D eigenvalue weighted by molar-refractivity contribution is -0.136. The Morgan fingerprint density at radius 3 is 2.34 bits per heavy atom. The first-order valence-electron chi connectivity index (χ1n) is 8.87. The molecule has 2 N–H and O–H groups in total. The van der Waals surface area contributed by atoms with E-state index in [1.807, 2.05) is 5.32 Å². The van der Waals surface area contributed by atoms with Gasteiger partial charge in [0.15, 0.2) is 0 Å². The van der Waals surface area contributed by atoms with Gasteiger partial charge < -0.3 is 5.32 Å². The topological polar surface area (TPSA) is 75.3 Å². The third-order valence-electron chi connectivity index (χ3n) is 4.65. The van der Waals surface area contributed by atoms with Gasteiger partial charge in [-0.25, -0.2) is 17.5 Å². The van der Waals surface area contributed by atoms with E-state index in [-0.39, 0.29) is 10.9 Å². The Kier molecular flexibility index (Phi) is 5.95. The van der Waals surface area contributed by atoms with Crippen molar-refractivity contribution >= 4 is 21.6 Å². The Balaban J connectivity index is 1.88. The van der Waals surface area contributed by atoms with Gasteiger partial charge in [-0.1, -0.05) is 25.0 Å². The summed E-state index contributed by atoms with van der Waals surface area (Å²) in [6.07, 6.45) is -1.57.